The van der Waals surface area contributed by atoms with Crippen molar-refractivity contribution in [2.45, 2.75) is 18.8 Å². The predicted molar refractivity (Wildman–Crippen MR) is 170 cm³/mol. The van der Waals surface area contributed by atoms with Gasteiger partial charge in [-0.2, -0.15) is 0 Å². The minimum absolute atomic E-state index is 0.319. The van der Waals surface area contributed by atoms with Gasteiger partial charge in [-0.05, 0) is 80.9 Å². The summed E-state index contributed by atoms with van der Waals surface area (Å²) >= 11 is 0. The Hall–Kier alpha value is -5.01. The normalized spacial score (nSPS) is 16.4. The lowest BCUT2D eigenvalue weighted by molar-refractivity contribution is 0.714. The second-order valence-corrected chi connectivity index (χ2v) is 11.6. The number of fused-ring (bicyclic) bond motifs is 9. The van der Waals surface area contributed by atoms with Crippen LogP contribution in [0.1, 0.15) is 34.7 Å². The van der Waals surface area contributed by atoms with E-state index in [9.17, 15) is 0 Å². The van der Waals surface area contributed by atoms with Crippen molar-refractivity contribution >= 4 is 21.7 Å². The molecule has 1 unspecified atom stereocenters. The van der Waals surface area contributed by atoms with Crippen LogP contribution in [0.2, 0.25) is 0 Å². The van der Waals surface area contributed by atoms with Crippen LogP contribution in [0.25, 0.3) is 55.2 Å². The Morgan fingerprint density at radius 3 is 2.07 bits per heavy atom. The summed E-state index contributed by atoms with van der Waals surface area (Å²) in [6.45, 7) is 2.42. The van der Waals surface area contributed by atoms with Gasteiger partial charge in [0.25, 0.3) is 0 Å². The number of nitrogens with zero attached hydrogens (tertiary/aromatic N) is 1. The van der Waals surface area contributed by atoms with Crippen molar-refractivity contribution in [2.75, 3.05) is 0 Å². The van der Waals surface area contributed by atoms with Crippen LogP contribution in [0.4, 0.5) is 0 Å². The fraction of sp³-hybridized carbons (Fsp3) is 0.0750. The van der Waals surface area contributed by atoms with Crippen LogP contribution < -0.4 is 0 Å². The number of benzene rings is 6. The maximum Gasteiger partial charge on any atom is 0.0791 e. The molecule has 1 nitrogen and oxygen atoms in total. The molecule has 0 spiro atoms. The monoisotopic (exact) mass is 521 g/mol. The van der Waals surface area contributed by atoms with Crippen LogP contribution in [-0.2, 0) is 11.8 Å². The Labute approximate surface area is 239 Å². The van der Waals surface area contributed by atoms with E-state index in [1.165, 1.54) is 71.8 Å². The van der Waals surface area contributed by atoms with Crippen molar-refractivity contribution in [3.05, 3.63) is 161 Å². The van der Waals surface area contributed by atoms with Gasteiger partial charge in [0.1, 0.15) is 0 Å². The molecule has 0 N–H and O–H groups in total. The Bertz CT molecular complexity index is 2190. The second-order valence-electron chi connectivity index (χ2n) is 11.6. The van der Waals surface area contributed by atoms with Crippen LogP contribution >= 0.6 is 0 Å². The Morgan fingerprint density at radius 1 is 0.512 bits per heavy atom. The predicted octanol–water partition coefficient (Wildman–Crippen LogP) is 9.96. The first-order valence-corrected chi connectivity index (χ1v) is 14.4. The van der Waals surface area contributed by atoms with Gasteiger partial charge in [0.15, 0.2) is 0 Å². The van der Waals surface area contributed by atoms with E-state index < -0.39 is 0 Å². The van der Waals surface area contributed by atoms with E-state index in [0.717, 1.165) is 17.6 Å². The second kappa shape index (κ2) is 8.25. The SMILES string of the molecule is CC1(c2ccccc2)c2cc3c(cc2-c2cccc(-c4nc5ccccc5c5ccccc45)c21)-c1ccccc1C3. The van der Waals surface area contributed by atoms with Crippen molar-refractivity contribution in [2.24, 2.45) is 0 Å². The van der Waals surface area contributed by atoms with Crippen LogP contribution in [0.5, 0.6) is 0 Å². The summed E-state index contributed by atoms with van der Waals surface area (Å²) in [6.07, 6.45) is 0.990. The standard InChI is InChI=1S/C40H27N/c1-40(27-13-3-2-4-14-27)36-23-26-22-25-12-5-6-15-28(25)34(26)24-35(36)31-19-11-20-33(38(31)40)39-32-18-8-7-16-29(32)30-17-9-10-21-37(30)41-39/h2-21,23-24H,22H2,1H3. The maximum absolute atomic E-state index is 5.37. The number of para-hydroxylation sites is 1. The zero-order valence-electron chi connectivity index (χ0n) is 22.9. The molecule has 1 heterocycles. The van der Waals surface area contributed by atoms with Gasteiger partial charge in [-0.15, -0.1) is 0 Å². The molecule has 6 aromatic carbocycles. The molecule has 192 valence electrons. The summed E-state index contributed by atoms with van der Waals surface area (Å²) in [5, 5.41) is 3.64. The van der Waals surface area contributed by atoms with E-state index >= 15 is 0 Å². The highest BCUT2D eigenvalue weighted by molar-refractivity contribution is 6.11. The lowest BCUT2D eigenvalue weighted by Crippen LogP contribution is -2.23. The van der Waals surface area contributed by atoms with E-state index in [4.69, 9.17) is 4.98 Å². The molecule has 2 aliphatic carbocycles. The van der Waals surface area contributed by atoms with Gasteiger partial charge in [-0.1, -0.05) is 121 Å². The Balaban J connectivity index is 1.40. The summed E-state index contributed by atoms with van der Waals surface area (Å²) in [6, 6.07) is 49.0. The molecule has 1 atom stereocenters. The van der Waals surface area contributed by atoms with E-state index in [1.54, 1.807) is 0 Å². The third-order valence-electron chi connectivity index (χ3n) is 9.54. The average molecular weight is 522 g/mol. The molecule has 2 aliphatic rings. The fourth-order valence-corrected chi connectivity index (χ4v) is 7.65. The van der Waals surface area contributed by atoms with Gasteiger partial charge in [-0.3, -0.25) is 0 Å². The lowest BCUT2D eigenvalue weighted by Gasteiger charge is -2.30. The molecule has 1 aromatic heterocycles. The van der Waals surface area contributed by atoms with Gasteiger partial charge >= 0.3 is 0 Å². The first-order valence-electron chi connectivity index (χ1n) is 14.4. The first kappa shape index (κ1) is 22.8. The van der Waals surface area contributed by atoms with E-state index in [-0.39, 0.29) is 5.41 Å². The van der Waals surface area contributed by atoms with Crippen LogP contribution in [0, 0.1) is 0 Å². The van der Waals surface area contributed by atoms with Gasteiger partial charge in [0, 0.05) is 21.8 Å². The molecule has 0 saturated heterocycles. The molecule has 9 rings (SSSR count). The van der Waals surface area contributed by atoms with E-state index in [0.29, 0.717) is 0 Å². The number of rotatable bonds is 2. The molecule has 7 aromatic rings. The summed E-state index contributed by atoms with van der Waals surface area (Å²) in [5.41, 5.74) is 15.3. The lowest BCUT2D eigenvalue weighted by atomic mass is 9.72. The molecule has 0 fully saturated rings. The number of hydrogen-bond acceptors (Lipinski definition) is 1. The highest BCUT2D eigenvalue weighted by Gasteiger charge is 2.44. The maximum atomic E-state index is 5.37. The number of pyridine rings is 1. The van der Waals surface area contributed by atoms with Crippen LogP contribution in [0.15, 0.2) is 133 Å². The van der Waals surface area contributed by atoms with Crippen LogP contribution in [0.3, 0.4) is 0 Å². The molecule has 1 heteroatoms. The molecule has 0 amide bonds. The van der Waals surface area contributed by atoms with Crippen molar-refractivity contribution in [1.29, 1.82) is 0 Å². The van der Waals surface area contributed by atoms with Gasteiger partial charge < -0.3 is 0 Å². The van der Waals surface area contributed by atoms with Crippen molar-refractivity contribution in [3.63, 3.8) is 0 Å². The van der Waals surface area contributed by atoms with Crippen molar-refractivity contribution < 1.29 is 0 Å². The zero-order chi connectivity index (χ0) is 27.1. The zero-order valence-corrected chi connectivity index (χ0v) is 22.9. The molecular formula is C40H27N. The quantitative estimate of drug-likeness (QED) is 0.206. The van der Waals surface area contributed by atoms with Crippen molar-refractivity contribution in [3.8, 4) is 33.5 Å². The van der Waals surface area contributed by atoms with E-state index in [1.807, 2.05) is 0 Å². The minimum atomic E-state index is -0.319. The number of aromatic nitrogens is 1. The largest absolute Gasteiger partial charge is 0.247 e. The van der Waals surface area contributed by atoms with E-state index in [2.05, 4.69) is 140 Å². The topological polar surface area (TPSA) is 12.9 Å². The molecule has 0 bridgehead atoms. The fourth-order valence-electron chi connectivity index (χ4n) is 7.65. The minimum Gasteiger partial charge on any atom is -0.247 e. The Morgan fingerprint density at radius 2 is 1.20 bits per heavy atom. The molecule has 41 heavy (non-hydrogen) atoms. The first-order chi connectivity index (χ1) is 20.2. The summed E-state index contributed by atoms with van der Waals surface area (Å²) in [5.74, 6) is 0. The third kappa shape index (κ3) is 3.04. The highest BCUT2D eigenvalue weighted by atomic mass is 14.7. The molecule has 0 radical (unpaired) electrons. The average Bonchev–Trinajstić information content (AvgIpc) is 3.53. The summed E-state index contributed by atoms with van der Waals surface area (Å²) < 4.78 is 0. The van der Waals surface area contributed by atoms with Gasteiger partial charge in [0.05, 0.1) is 11.2 Å². The molecule has 0 saturated carbocycles. The molecule has 0 aliphatic heterocycles. The van der Waals surface area contributed by atoms with Gasteiger partial charge in [0.2, 0.25) is 0 Å². The third-order valence-corrected chi connectivity index (χ3v) is 9.54. The smallest absolute Gasteiger partial charge is 0.0791 e. The molecular weight excluding hydrogens is 494 g/mol. The highest BCUT2D eigenvalue weighted by Crippen LogP contribution is 2.57. The van der Waals surface area contributed by atoms with Crippen LogP contribution in [-0.4, -0.2) is 4.98 Å². The van der Waals surface area contributed by atoms with Gasteiger partial charge in [-0.25, -0.2) is 4.98 Å². The summed E-state index contributed by atoms with van der Waals surface area (Å²) in [4.78, 5) is 5.37. The summed E-state index contributed by atoms with van der Waals surface area (Å²) in [7, 11) is 0. The number of hydrogen-bond donors (Lipinski definition) is 0. The Kier molecular flexibility index (Phi) is 4.58. The van der Waals surface area contributed by atoms with Crippen molar-refractivity contribution in [1.82, 2.24) is 4.98 Å².